The number of nitrogens with one attached hydrogen (secondary N) is 1. The van der Waals surface area contributed by atoms with Crippen molar-refractivity contribution in [2.45, 2.75) is 45.2 Å². The summed E-state index contributed by atoms with van der Waals surface area (Å²) in [7, 11) is 0. The zero-order valence-electron chi connectivity index (χ0n) is 12.7. The fourth-order valence-corrected chi connectivity index (χ4v) is 3.54. The standard InChI is InChI=1S/C18H23N3/c1-13(11-14-7-8-14)21-17-9-10-19-12-16(17)20-18(21)15-5-3-2-4-6-15/h2-6,13-14,19H,7-12H2,1H3. The predicted molar refractivity (Wildman–Crippen MR) is 85.1 cm³/mol. The number of hydrogen-bond donors (Lipinski definition) is 1. The highest BCUT2D eigenvalue weighted by Gasteiger charge is 2.28. The first kappa shape index (κ1) is 13.1. The predicted octanol–water partition coefficient (Wildman–Crippen LogP) is 3.56. The summed E-state index contributed by atoms with van der Waals surface area (Å²) in [5.41, 5.74) is 3.96. The molecule has 1 aromatic carbocycles. The molecule has 0 radical (unpaired) electrons. The van der Waals surface area contributed by atoms with Crippen LogP contribution in [0.15, 0.2) is 30.3 Å². The number of imidazole rings is 1. The van der Waals surface area contributed by atoms with Gasteiger partial charge in [0.25, 0.3) is 0 Å². The number of hydrogen-bond acceptors (Lipinski definition) is 2. The van der Waals surface area contributed by atoms with Crippen molar-refractivity contribution in [3.05, 3.63) is 41.7 Å². The Morgan fingerprint density at radius 3 is 2.86 bits per heavy atom. The third kappa shape index (κ3) is 2.51. The van der Waals surface area contributed by atoms with Crippen LogP contribution in [0.4, 0.5) is 0 Å². The van der Waals surface area contributed by atoms with E-state index in [1.54, 1.807) is 0 Å². The van der Waals surface area contributed by atoms with Crippen LogP contribution >= 0.6 is 0 Å². The van der Waals surface area contributed by atoms with E-state index in [1.165, 1.54) is 36.2 Å². The van der Waals surface area contributed by atoms with Gasteiger partial charge in [0.2, 0.25) is 0 Å². The Labute approximate surface area is 126 Å². The second-order valence-electron chi connectivity index (χ2n) is 6.52. The molecule has 1 aromatic heterocycles. The Morgan fingerprint density at radius 1 is 1.29 bits per heavy atom. The van der Waals surface area contributed by atoms with Crippen LogP contribution in [0.3, 0.4) is 0 Å². The molecule has 0 bridgehead atoms. The van der Waals surface area contributed by atoms with Crippen LogP contribution in [-0.4, -0.2) is 16.1 Å². The summed E-state index contributed by atoms with van der Waals surface area (Å²) in [6.45, 7) is 4.36. The monoisotopic (exact) mass is 281 g/mol. The quantitative estimate of drug-likeness (QED) is 0.928. The third-order valence-corrected chi connectivity index (χ3v) is 4.77. The van der Waals surface area contributed by atoms with Gasteiger partial charge < -0.3 is 9.88 Å². The van der Waals surface area contributed by atoms with Crippen molar-refractivity contribution in [1.82, 2.24) is 14.9 Å². The van der Waals surface area contributed by atoms with Crippen molar-refractivity contribution in [2.75, 3.05) is 6.54 Å². The van der Waals surface area contributed by atoms with E-state index in [0.717, 1.165) is 31.3 Å². The first-order valence-electron chi connectivity index (χ1n) is 8.19. The van der Waals surface area contributed by atoms with Gasteiger partial charge in [-0.05, 0) is 19.3 Å². The summed E-state index contributed by atoms with van der Waals surface area (Å²) in [5, 5.41) is 3.45. The molecular formula is C18H23N3. The lowest BCUT2D eigenvalue weighted by Crippen LogP contribution is -2.25. The summed E-state index contributed by atoms with van der Waals surface area (Å²) in [6, 6.07) is 11.2. The van der Waals surface area contributed by atoms with Crippen LogP contribution in [-0.2, 0) is 13.0 Å². The lowest BCUT2D eigenvalue weighted by molar-refractivity contribution is 0.459. The molecule has 1 unspecified atom stereocenters. The molecule has 1 saturated carbocycles. The van der Waals surface area contributed by atoms with E-state index in [2.05, 4.69) is 47.1 Å². The summed E-state index contributed by atoms with van der Waals surface area (Å²) >= 11 is 0. The molecule has 3 heteroatoms. The van der Waals surface area contributed by atoms with Gasteiger partial charge >= 0.3 is 0 Å². The highest BCUT2D eigenvalue weighted by molar-refractivity contribution is 5.57. The van der Waals surface area contributed by atoms with Crippen molar-refractivity contribution >= 4 is 0 Å². The van der Waals surface area contributed by atoms with Gasteiger partial charge in [0.05, 0.1) is 5.69 Å². The molecule has 21 heavy (non-hydrogen) atoms. The topological polar surface area (TPSA) is 29.9 Å². The van der Waals surface area contributed by atoms with Crippen molar-refractivity contribution in [3.8, 4) is 11.4 Å². The Bertz CT molecular complexity index is 625. The molecule has 3 nitrogen and oxygen atoms in total. The minimum absolute atomic E-state index is 0.557. The van der Waals surface area contributed by atoms with Crippen LogP contribution in [0.25, 0.3) is 11.4 Å². The summed E-state index contributed by atoms with van der Waals surface area (Å²) in [6.07, 6.45) is 5.24. The minimum atomic E-state index is 0.557. The van der Waals surface area contributed by atoms with Gasteiger partial charge in [-0.2, -0.15) is 0 Å². The van der Waals surface area contributed by atoms with Crippen molar-refractivity contribution in [3.63, 3.8) is 0 Å². The smallest absolute Gasteiger partial charge is 0.140 e. The van der Waals surface area contributed by atoms with Gasteiger partial charge in [-0.15, -0.1) is 0 Å². The van der Waals surface area contributed by atoms with Gasteiger partial charge in [-0.25, -0.2) is 4.98 Å². The molecular weight excluding hydrogens is 258 g/mol. The average molecular weight is 281 g/mol. The molecule has 2 aliphatic rings. The number of benzene rings is 1. The third-order valence-electron chi connectivity index (χ3n) is 4.77. The van der Waals surface area contributed by atoms with E-state index in [0.29, 0.717) is 6.04 Å². The Morgan fingerprint density at radius 2 is 2.10 bits per heavy atom. The van der Waals surface area contributed by atoms with E-state index < -0.39 is 0 Å². The first-order valence-corrected chi connectivity index (χ1v) is 8.19. The molecule has 0 spiro atoms. The highest BCUT2D eigenvalue weighted by Crippen LogP contribution is 2.39. The molecule has 1 aliphatic heterocycles. The summed E-state index contributed by atoms with van der Waals surface area (Å²) in [5.74, 6) is 2.11. The molecule has 0 amide bonds. The van der Waals surface area contributed by atoms with Gasteiger partial charge in [-0.3, -0.25) is 0 Å². The maximum absolute atomic E-state index is 4.97. The van der Waals surface area contributed by atoms with Gasteiger partial charge in [0.15, 0.2) is 0 Å². The molecule has 4 rings (SSSR count). The SMILES string of the molecule is CC(CC1CC1)n1c(-c2ccccc2)nc2c1CCNC2. The van der Waals surface area contributed by atoms with Gasteiger partial charge in [0.1, 0.15) is 5.82 Å². The van der Waals surface area contributed by atoms with Crippen LogP contribution in [0.2, 0.25) is 0 Å². The highest BCUT2D eigenvalue weighted by atomic mass is 15.1. The van der Waals surface area contributed by atoms with E-state index in [1.807, 2.05) is 0 Å². The Hall–Kier alpha value is -1.61. The molecule has 0 saturated heterocycles. The maximum Gasteiger partial charge on any atom is 0.140 e. The Balaban J connectivity index is 1.79. The van der Waals surface area contributed by atoms with Gasteiger partial charge in [0, 0.05) is 36.8 Å². The minimum Gasteiger partial charge on any atom is -0.325 e. The maximum atomic E-state index is 4.97. The number of fused-ring (bicyclic) bond motifs is 1. The molecule has 1 atom stereocenters. The lowest BCUT2D eigenvalue weighted by Gasteiger charge is -2.22. The van der Waals surface area contributed by atoms with Crippen molar-refractivity contribution < 1.29 is 0 Å². The van der Waals surface area contributed by atoms with E-state index >= 15 is 0 Å². The largest absolute Gasteiger partial charge is 0.325 e. The molecule has 110 valence electrons. The van der Waals surface area contributed by atoms with Crippen LogP contribution in [0.1, 0.15) is 43.6 Å². The fourth-order valence-electron chi connectivity index (χ4n) is 3.54. The van der Waals surface area contributed by atoms with Gasteiger partial charge in [-0.1, -0.05) is 43.2 Å². The lowest BCUT2D eigenvalue weighted by atomic mass is 10.1. The molecule has 1 aliphatic carbocycles. The molecule has 1 fully saturated rings. The summed E-state index contributed by atoms with van der Waals surface area (Å²) in [4.78, 5) is 4.97. The number of aromatic nitrogens is 2. The number of rotatable bonds is 4. The number of nitrogens with zero attached hydrogens (tertiary/aromatic N) is 2. The molecule has 2 heterocycles. The fraction of sp³-hybridized carbons (Fsp3) is 0.500. The van der Waals surface area contributed by atoms with Crippen molar-refractivity contribution in [2.24, 2.45) is 5.92 Å². The second kappa shape index (κ2) is 5.30. The Kier molecular flexibility index (Phi) is 3.30. The van der Waals surface area contributed by atoms with Crippen LogP contribution in [0, 0.1) is 5.92 Å². The van der Waals surface area contributed by atoms with Crippen LogP contribution < -0.4 is 5.32 Å². The van der Waals surface area contributed by atoms with E-state index in [9.17, 15) is 0 Å². The van der Waals surface area contributed by atoms with E-state index in [4.69, 9.17) is 4.98 Å². The molecule has 1 N–H and O–H groups in total. The van der Waals surface area contributed by atoms with E-state index in [-0.39, 0.29) is 0 Å². The summed E-state index contributed by atoms with van der Waals surface area (Å²) < 4.78 is 2.53. The second-order valence-corrected chi connectivity index (χ2v) is 6.52. The average Bonchev–Trinajstić information content (AvgIpc) is 3.24. The van der Waals surface area contributed by atoms with Crippen molar-refractivity contribution in [1.29, 1.82) is 0 Å². The zero-order chi connectivity index (χ0) is 14.2. The first-order chi connectivity index (χ1) is 10.3. The van der Waals surface area contributed by atoms with Crippen LogP contribution in [0.5, 0.6) is 0 Å². The normalized spacial score (nSPS) is 19.3. The molecule has 2 aromatic rings. The zero-order valence-corrected chi connectivity index (χ0v) is 12.7.